The van der Waals surface area contributed by atoms with Crippen LogP contribution >= 0.6 is 11.3 Å². The number of thiophene rings is 1. The molecular weight excluding hydrogens is 334 g/mol. The molecule has 0 bridgehead atoms. The summed E-state index contributed by atoms with van der Waals surface area (Å²) in [5.74, 6) is 1.79. The molecule has 1 aliphatic heterocycles. The number of nitrogens with zero attached hydrogens (tertiary/aromatic N) is 4. The first-order valence-corrected chi connectivity index (χ1v) is 9.92. The summed E-state index contributed by atoms with van der Waals surface area (Å²) in [4.78, 5) is 12.0. The van der Waals surface area contributed by atoms with Gasteiger partial charge in [0.05, 0.1) is 24.1 Å². The van der Waals surface area contributed by atoms with Gasteiger partial charge in [-0.25, -0.2) is 9.97 Å². The number of hydrogen-bond donors (Lipinski definition) is 1. The molecule has 0 amide bonds. The zero-order chi connectivity index (χ0) is 17.6. The number of fused-ring (bicyclic) bond motifs is 5. The van der Waals surface area contributed by atoms with Crippen LogP contribution in [0.3, 0.4) is 0 Å². The third-order valence-corrected chi connectivity index (χ3v) is 5.90. The fourth-order valence-electron chi connectivity index (χ4n) is 3.45. The Balaban J connectivity index is 1.79. The normalized spacial score (nSPS) is 16.6. The summed E-state index contributed by atoms with van der Waals surface area (Å²) >= 11 is 1.74. The van der Waals surface area contributed by atoms with E-state index in [1.54, 1.807) is 11.3 Å². The highest BCUT2D eigenvalue weighted by molar-refractivity contribution is 7.19. The maximum Gasteiger partial charge on any atom is 0.206 e. The topological polar surface area (TPSA) is 68.9 Å². The van der Waals surface area contributed by atoms with Gasteiger partial charge in [-0.3, -0.25) is 0 Å². The van der Waals surface area contributed by atoms with Crippen LogP contribution in [0.15, 0.2) is 0 Å². The Morgan fingerprint density at radius 1 is 1.32 bits per heavy atom. The summed E-state index contributed by atoms with van der Waals surface area (Å²) < 4.78 is 7.90. The van der Waals surface area contributed by atoms with Gasteiger partial charge in [0.15, 0.2) is 5.65 Å². The molecule has 4 heterocycles. The van der Waals surface area contributed by atoms with Crippen molar-refractivity contribution >= 4 is 27.2 Å². The first-order chi connectivity index (χ1) is 12.0. The molecule has 2 N–H and O–H groups in total. The van der Waals surface area contributed by atoms with E-state index in [1.165, 1.54) is 28.7 Å². The Hall–Kier alpha value is -1.57. The van der Waals surface area contributed by atoms with Crippen molar-refractivity contribution in [1.29, 1.82) is 0 Å². The SMILES string of the molecule is CCCC[NH2+]Cc1nc2c3c4c(sc3nc(C)n2n1)COC(C)(C)C4. The van der Waals surface area contributed by atoms with Crippen LogP contribution in [0.2, 0.25) is 0 Å². The zero-order valence-corrected chi connectivity index (χ0v) is 16.2. The second-order valence-corrected chi connectivity index (χ2v) is 8.55. The van der Waals surface area contributed by atoms with Crippen molar-refractivity contribution in [2.24, 2.45) is 0 Å². The van der Waals surface area contributed by atoms with Crippen LogP contribution in [0.1, 0.15) is 55.7 Å². The average molecular weight is 361 g/mol. The van der Waals surface area contributed by atoms with E-state index >= 15 is 0 Å². The minimum atomic E-state index is -0.139. The van der Waals surface area contributed by atoms with Crippen molar-refractivity contribution in [3.05, 3.63) is 22.1 Å². The summed E-state index contributed by atoms with van der Waals surface area (Å²) in [5, 5.41) is 8.18. The molecule has 0 unspecified atom stereocenters. The van der Waals surface area contributed by atoms with Crippen molar-refractivity contribution in [1.82, 2.24) is 19.6 Å². The second kappa shape index (κ2) is 6.30. The summed E-state index contributed by atoms with van der Waals surface area (Å²) in [6.45, 7) is 11.1. The number of aromatic nitrogens is 4. The molecule has 0 fully saturated rings. The number of nitrogens with two attached hydrogens (primary N) is 1. The van der Waals surface area contributed by atoms with Crippen molar-refractivity contribution in [3.8, 4) is 0 Å². The number of unbranched alkanes of at least 4 members (excludes halogenated alkanes) is 1. The van der Waals surface area contributed by atoms with Crippen LogP contribution in [-0.2, 0) is 24.3 Å². The highest BCUT2D eigenvalue weighted by Gasteiger charge is 2.31. The van der Waals surface area contributed by atoms with Crippen LogP contribution in [0.4, 0.5) is 0 Å². The van der Waals surface area contributed by atoms with Gasteiger partial charge in [0.1, 0.15) is 17.2 Å². The van der Waals surface area contributed by atoms with E-state index < -0.39 is 0 Å². The van der Waals surface area contributed by atoms with Gasteiger partial charge in [0.25, 0.3) is 0 Å². The van der Waals surface area contributed by atoms with Crippen molar-refractivity contribution in [2.75, 3.05) is 6.54 Å². The molecule has 0 radical (unpaired) electrons. The Labute approximate surface area is 151 Å². The van der Waals surface area contributed by atoms with E-state index in [0.717, 1.165) is 41.6 Å². The number of hydrogen-bond acceptors (Lipinski definition) is 5. The Kier molecular flexibility index (Phi) is 4.25. The van der Waals surface area contributed by atoms with E-state index in [2.05, 4.69) is 26.1 Å². The standard InChI is InChI=1S/C18H25N5OS/c1-5-6-7-19-9-14-21-16-15-12-8-18(3,4)24-10-13(12)25-17(15)20-11(2)23(16)22-14/h19H,5-10H2,1-4H3/p+1. The lowest BCUT2D eigenvalue weighted by molar-refractivity contribution is -0.671. The average Bonchev–Trinajstić information content (AvgIpc) is 3.12. The van der Waals surface area contributed by atoms with Gasteiger partial charge in [-0.05, 0) is 32.8 Å². The summed E-state index contributed by atoms with van der Waals surface area (Å²) in [6, 6.07) is 0. The molecular formula is C18H26N5OS+. The van der Waals surface area contributed by atoms with Crippen LogP contribution in [0.5, 0.6) is 0 Å². The lowest BCUT2D eigenvalue weighted by Crippen LogP contribution is -2.82. The first-order valence-electron chi connectivity index (χ1n) is 9.10. The van der Waals surface area contributed by atoms with Crippen LogP contribution in [0.25, 0.3) is 15.9 Å². The predicted octanol–water partition coefficient (Wildman–Crippen LogP) is 2.36. The van der Waals surface area contributed by atoms with Crippen molar-refractivity contribution in [2.45, 2.75) is 65.7 Å². The molecule has 0 saturated carbocycles. The molecule has 6 nitrogen and oxygen atoms in total. The molecule has 0 aromatic carbocycles. The molecule has 0 atom stereocenters. The third-order valence-electron chi connectivity index (χ3n) is 4.80. The van der Waals surface area contributed by atoms with E-state index in [-0.39, 0.29) is 5.60 Å². The lowest BCUT2D eigenvalue weighted by atomic mass is 9.94. The van der Waals surface area contributed by atoms with E-state index in [1.807, 2.05) is 11.4 Å². The van der Waals surface area contributed by atoms with Gasteiger partial charge in [-0.15, -0.1) is 16.4 Å². The third kappa shape index (κ3) is 3.05. The van der Waals surface area contributed by atoms with Crippen LogP contribution < -0.4 is 5.32 Å². The molecule has 3 aromatic heterocycles. The molecule has 25 heavy (non-hydrogen) atoms. The van der Waals surface area contributed by atoms with Crippen molar-refractivity contribution in [3.63, 3.8) is 0 Å². The zero-order valence-electron chi connectivity index (χ0n) is 15.4. The maximum absolute atomic E-state index is 5.98. The Morgan fingerprint density at radius 2 is 2.16 bits per heavy atom. The van der Waals surface area contributed by atoms with Gasteiger partial charge in [0, 0.05) is 11.3 Å². The monoisotopic (exact) mass is 360 g/mol. The fraction of sp³-hybridized carbons (Fsp3) is 0.611. The van der Waals surface area contributed by atoms with Crippen LogP contribution in [0, 0.1) is 6.92 Å². The molecule has 0 saturated heterocycles. The van der Waals surface area contributed by atoms with E-state index in [4.69, 9.17) is 19.8 Å². The summed E-state index contributed by atoms with van der Waals surface area (Å²) in [5.41, 5.74) is 2.17. The molecule has 4 rings (SSSR count). The van der Waals surface area contributed by atoms with Gasteiger partial charge >= 0.3 is 0 Å². The van der Waals surface area contributed by atoms with E-state index in [9.17, 15) is 0 Å². The highest BCUT2D eigenvalue weighted by Crippen LogP contribution is 2.39. The minimum Gasteiger partial charge on any atom is -0.370 e. The predicted molar refractivity (Wildman–Crippen MR) is 98.9 cm³/mol. The molecule has 7 heteroatoms. The molecule has 134 valence electrons. The second-order valence-electron chi connectivity index (χ2n) is 7.47. The van der Waals surface area contributed by atoms with Crippen molar-refractivity contribution < 1.29 is 10.1 Å². The number of aryl methyl sites for hydroxylation is 1. The molecule has 1 aliphatic rings. The molecule has 3 aromatic rings. The Morgan fingerprint density at radius 3 is 2.96 bits per heavy atom. The Bertz CT molecular complexity index is 927. The molecule has 0 aliphatic carbocycles. The summed E-state index contributed by atoms with van der Waals surface area (Å²) in [7, 11) is 0. The van der Waals surface area contributed by atoms with Gasteiger partial charge in [0.2, 0.25) is 5.82 Å². The van der Waals surface area contributed by atoms with Gasteiger partial charge < -0.3 is 10.1 Å². The highest BCUT2D eigenvalue weighted by atomic mass is 32.1. The fourth-order valence-corrected chi connectivity index (χ4v) is 4.59. The number of ether oxygens (including phenoxy) is 1. The van der Waals surface area contributed by atoms with Crippen LogP contribution in [-0.4, -0.2) is 31.7 Å². The smallest absolute Gasteiger partial charge is 0.206 e. The van der Waals surface area contributed by atoms with Gasteiger partial charge in [-0.2, -0.15) is 4.52 Å². The quantitative estimate of drug-likeness (QED) is 0.709. The van der Waals surface area contributed by atoms with E-state index in [0.29, 0.717) is 6.61 Å². The molecule has 0 spiro atoms. The number of rotatable bonds is 5. The number of quaternary nitrogens is 1. The first kappa shape index (κ1) is 16.9. The van der Waals surface area contributed by atoms with Gasteiger partial charge in [-0.1, -0.05) is 13.3 Å². The lowest BCUT2D eigenvalue weighted by Gasteiger charge is -2.30. The minimum absolute atomic E-state index is 0.139. The summed E-state index contributed by atoms with van der Waals surface area (Å²) in [6.07, 6.45) is 3.34. The largest absolute Gasteiger partial charge is 0.370 e. The maximum atomic E-state index is 5.98.